The second-order valence-corrected chi connectivity index (χ2v) is 6.98. The predicted molar refractivity (Wildman–Crippen MR) is 95.1 cm³/mol. The molecule has 0 saturated carbocycles. The molecule has 0 aliphatic carbocycles. The zero-order chi connectivity index (χ0) is 16.8. The molecule has 1 aliphatic heterocycles. The molecule has 0 bridgehead atoms. The summed E-state index contributed by atoms with van der Waals surface area (Å²) in [5.74, 6) is 0.785. The average molecular weight is 345 g/mol. The Morgan fingerprint density at radius 3 is 2.58 bits per heavy atom. The Hall–Kier alpha value is -1.85. The number of thiophene rings is 1. The Balaban J connectivity index is 1.47. The van der Waals surface area contributed by atoms with E-state index in [1.165, 1.54) is 10.4 Å². The van der Waals surface area contributed by atoms with E-state index >= 15 is 0 Å². The van der Waals surface area contributed by atoms with Crippen molar-refractivity contribution in [3.63, 3.8) is 0 Å². The first-order valence-corrected chi connectivity index (χ1v) is 9.33. The summed E-state index contributed by atoms with van der Waals surface area (Å²) >= 11 is 1.78. The van der Waals surface area contributed by atoms with Gasteiger partial charge in [-0.1, -0.05) is 18.2 Å². The van der Waals surface area contributed by atoms with Crippen molar-refractivity contribution >= 4 is 17.3 Å². The van der Waals surface area contributed by atoms with Crippen LogP contribution in [0.5, 0.6) is 5.75 Å². The summed E-state index contributed by atoms with van der Waals surface area (Å²) in [6.45, 7) is 3.80. The number of carbonyl (C=O) groups excluding carboxylic acids is 1. The minimum atomic E-state index is -0.0740. The lowest BCUT2D eigenvalue weighted by atomic mass is 9.98. The molecule has 3 rings (SSSR count). The van der Waals surface area contributed by atoms with Crippen LogP contribution in [0.4, 0.5) is 0 Å². The van der Waals surface area contributed by atoms with E-state index < -0.39 is 0 Å². The Morgan fingerprint density at radius 2 is 1.96 bits per heavy atom. The highest BCUT2D eigenvalue weighted by atomic mass is 32.1. The Kier molecular flexibility index (Phi) is 5.88. The Labute approximate surface area is 147 Å². The molecule has 1 saturated heterocycles. The zero-order valence-corrected chi connectivity index (χ0v) is 14.8. The van der Waals surface area contributed by atoms with Crippen molar-refractivity contribution in [2.24, 2.45) is 5.92 Å². The SMILES string of the molecule is CCOC(=O)C1CCN(Oc2ccc(Cc3cccs3)cc2)CC1. The maximum absolute atomic E-state index is 11.8. The molecule has 1 aromatic heterocycles. The number of hydrogen-bond acceptors (Lipinski definition) is 5. The molecule has 1 fully saturated rings. The number of esters is 1. The number of ether oxygens (including phenoxy) is 1. The summed E-state index contributed by atoms with van der Waals surface area (Å²) in [5, 5.41) is 4.04. The van der Waals surface area contributed by atoms with E-state index in [0.717, 1.165) is 38.1 Å². The van der Waals surface area contributed by atoms with E-state index in [0.29, 0.717) is 6.61 Å². The van der Waals surface area contributed by atoms with Crippen molar-refractivity contribution in [1.29, 1.82) is 0 Å². The van der Waals surface area contributed by atoms with Crippen molar-refractivity contribution < 1.29 is 14.4 Å². The Bertz CT molecular complexity index is 631. The number of piperidine rings is 1. The van der Waals surface area contributed by atoms with Crippen molar-refractivity contribution in [2.75, 3.05) is 19.7 Å². The average Bonchev–Trinajstić information content (AvgIpc) is 3.10. The van der Waals surface area contributed by atoms with Gasteiger partial charge in [0, 0.05) is 24.4 Å². The number of nitrogens with zero attached hydrogens (tertiary/aromatic N) is 1. The third-order valence-electron chi connectivity index (χ3n) is 4.19. The molecule has 24 heavy (non-hydrogen) atoms. The van der Waals surface area contributed by atoms with E-state index in [9.17, 15) is 4.79 Å². The van der Waals surface area contributed by atoms with Crippen LogP contribution in [0.3, 0.4) is 0 Å². The maximum Gasteiger partial charge on any atom is 0.309 e. The quantitative estimate of drug-likeness (QED) is 0.744. The first kappa shape index (κ1) is 17.0. The monoisotopic (exact) mass is 345 g/mol. The smallest absolute Gasteiger partial charge is 0.309 e. The molecule has 0 N–H and O–H groups in total. The van der Waals surface area contributed by atoms with Gasteiger partial charge in [-0.25, -0.2) is 0 Å². The van der Waals surface area contributed by atoms with Crippen LogP contribution in [-0.4, -0.2) is 30.7 Å². The highest BCUT2D eigenvalue weighted by Gasteiger charge is 2.26. The molecule has 2 aromatic rings. The third-order valence-corrected chi connectivity index (χ3v) is 5.07. The van der Waals surface area contributed by atoms with E-state index in [-0.39, 0.29) is 11.9 Å². The van der Waals surface area contributed by atoms with Crippen LogP contribution in [0.15, 0.2) is 41.8 Å². The Morgan fingerprint density at radius 1 is 1.21 bits per heavy atom. The van der Waals surface area contributed by atoms with Gasteiger partial charge in [0.1, 0.15) is 5.75 Å². The molecule has 0 radical (unpaired) electrons. The minimum absolute atomic E-state index is 0.0120. The summed E-state index contributed by atoms with van der Waals surface area (Å²) in [7, 11) is 0. The molecule has 1 aliphatic rings. The number of carbonyl (C=O) groups is 1. The maximum atomic E-state index is 11.8. The van der Waals surface area contributed by atoms with Crippen LogP contribution < -0.4 is 4.84 Å². The molecule has 2 heterocycles. The molecule has 0 amide bonds. The third kappa shape index (κ3) is 4.58. The van der Waals surface area contributed by atoms with E-state index in [1.807, 2.05) is 24.1 Å². The number of rotatable bonds is 6. The van der Waals surface area contributed by atoms with Crippen molar-refractivity contribution in [1.82, 2.24) is 5.06 Å². The standard InChI is InChI=1S/C19H23NO3S/c1-2-22-19(21)16-9-11-20(12-10-16)23-17-7-5-15(6-8-17)14-18-4-3-13-24-18/h3-8,13,16H,2,9-12,14H2,1H3. The molecule has 1 aromatic carbocycles. The summed E-state index contributed by atoms with van der Waals surface area (Å²) < 4.78 is 5.09. The van der Waals surface area contributed by atoms with Gasteiger partial charge in [0.2, 0.25) is 0 Å². The predicted octanol–water partition coefficient (Wildman–Crippen LogP) is 3.91. The van der Waals surface area contributed by atoms with Crippen LogP contribution in [-0.2, 0) is 16.0 Å². The topological polar surface area (TPSA) is 38.8 Å². The summed E-state index contributed by atoms with van der Waals surface area (Å²) in [6, 6.07) is 12.5. The van der Waals surface area contributed by atoms with Gasteiger partial charge in [-0.3, -0.25) is 4.79 Å². The molecular weight excluding hydrogens is 322 g/mol. The van der Waals surface area contributed by atoms with Gasteiger partial charge < -0.3 is 9.57 Å². The minimum Gasteiger partial charge on any atom is -0.466 e. The summed E-state index contributed by atoms with van der Waals surface area (Å²) in [4.78, 5) is 19.0. The first-order valence-electron chi connectivity index (χ1n) is 8.45. The fourth-order valence-corrected chi connectivity index (χ4v) is 3.61. The van der Waals surface area contributed by atoms with Crippen molar-refractivity contribution in [3.8, 4) is 5.75 Å². The number of hydrogen-bond donors (Lipinski definition) is 0. The molecular formula is C19H23NO3S. The van der Waals surface area contributed by atoms with Gasteiger partial charge >= 0.3 is 5.97 Å². The van der Waals surface area contributed by atoms with Gasteiger partial charge in [0.25, 0.3) is 0 Å². The van der Waals surface area contributed by atoms with Crippen LogP contribution in [0.1, 0.15) is 30.2 Å². The van der Waals surface area contributed by atoms with Gasteiger partial charge in [0.05, 0.1) is 12.5 Å². The summed E-state index contributed by atoms with van der Waals surface area (Å²) in [6.07, 6.45) is 2.54. The zero-order valence-electron chi connectivity index (χ0n) is 13.9. The molecule has 0 atom stereocenters. The molecule has 0 unspecified atom stereocenters. The highest BCUT2D eigenvalue weighted by Crippen LogP contribution is 2.22. The van der Waals surface area contributed by atoms with Crippen LogP contribution in [0, 0.1) is 5.92 Å². The lowest BCUT2D eigenvalue weighted by Crippen LogP contribution is -2.38. The van der Waals surface area contributed by atoms with Crippen molar-refractivity contribution in [2.45, 2.75) is 26.2 Å². The first-order chi connectivity index (χ1) is 11.7. The second kappa shape index (κ2) is 8.31. The van der Waals surface area contributed by atoms with E-state index in [2.05, 4.69) is 29.6 Å². The fraction of sp³-hybridized carbons (Fsp3) is 0.421. The normalized spacial score (nSPS) is 16.0. The van der Waals surface area contributed by atoms with Crippen LogP contribution >= 0.6 is 11.3 Å². The van der Waals surface area contributed by atoms with Gasteiger partial charge in [-0.15, -0.1) is 16.4 Å². The van der Waals surface area contributed by atoms with Crippen LogP contribution in [0.2, 0.25) is 0 Å². The highest BCUT2D eigenvalue weighted by molar-refractivity contribution is 7.09. The van der Waals surface area contributed by atoms with E-state index in [1.54, 1.807) is 11.3 Å². The lowest BCUT2D eigenvalue weighted by Gasteiger charge is -2.30. The van der Waals surface area contributed by atoms with Gasteiger partial charge in [-0.05, 0) is 48.9 Å². The largest absolute Gasteiger partial charge is 0.466 e. The fourth-order valence-electron chi connectivity index (χ4n) is 2.87. The van der Waals surface area contributed by atoms with Gasteiger partial charge in [0.15, 0.2) is 0 Å². The van der Waals surface area contributed by atoms with Crippen molar-refractivity contribution in [3.05, 3.63) is 52.2 Å². The molecule has 0 spiro atoms. The van der Waals surface area contributed by atoms with Crippen LogP contribution in [0.25, 0.3) is 0 Å². The molecule has 128 valence electrons. The molecule has 5 heteroatoms. The molecule has 4 nitrogen and oxygen atoms in total. The van der Waals surface area contributed by atoms with Gasteiger partial charge in [-0.2, -0.15) is 0 Å². The number of benzene rings is 1. The summed E-state index contributed by atoms with van der Waals surface area (Å²) in [5.41, 5.74) is 1.28. The lowest BCUT2D eigenvalue weighted by molar-refractivity contribution is -0.153. The van der Waals surface area contributed by atoms with E-state index in [4.69, 9.17) is 9.57 Å². The second-order valence-electron chi connectivity index (χ2n) is 5.95. The number of hydroxylamine groups is 2.